The molecule has 0 spiro atoms. The summed E-state index contributed by atoms with van der Waals surface area (Å²) < 4.78 is 6.24. The second kappa shape index (κ2) is 5.81. The van der Waals surface area contributed by atoms with Crippen molar-refractivity contribution in [3.63, 3.8) is 0 Å². The first-order valence-corrected chi connectivity index (χ1v) is 7.22. The van der Waals surface area contributed by atoms with Gasteiger partial charge in [0.1, 0.15) is 6.61 Å². The third-order valence-corrected chi connectivity index (χ3v) is 4.05. The Morgan fingerprint density at radius 1 is 1.29 bits per heavy atom. The number of carbonyl (C=O) groups is 1. The van der Waals surface area contributed by atoms with Crippen molar-refractivity contribution in [2.45, 2.75) is 31.8 Å². The van der Waals surface area contributed by atoms with Crippen molar-refractivity contribution in [3.05, 3.63) is 24.3 Å². The van der Waals surface area contributed by atoms with Gasteiger partial charge in [0.05, 0.1) is 6.10 Å². The molecule has 1 aromatic heterocycles. The number of rotatable bonds is 4. The molecule has 1 saturated carbocycles. The van der Waals surface area contributed by atoms with E-state index in [1.807, 2.05) is 0 Å². The molecule has 2 aliphatic carbocycles. The maximum Gasteiger partial charge on any atom is 0.358 e. The maximum absolute atomic E-state index is 11.7. The van der Waals surface area contributed by atoms with Crippen LogP contribution in [0.4, 0.5) is 0 Å². The fourth-order valence-corrected chi connectivity index (χ4v) is 2.72. The van der Waals surface area contributed by atoms with Crippen LogP contribution in [-0.4, -0.2) is 33.6 Å². The highest BCUT2D eigenvalue weighted by molar-refractivity contribution is 5.71. The fraction of sp³-hybridized carbons (Fsp3) is 0.533. The Labute approximate surface area is 122 Å². The summed E-state index contributed by atoms with van der Waals surface area (Å²) >= 11 is 0. The van der Waals surface area contributed by atoms with Crippen LogP contribution in [0, 0.1) is 11.8 Å². The average molecular weight is 293 g/mol. The number of hydrogen-bond acceptors (Lipinski definition) is 5. The topological polar surface area (TPSA) is 80.9 Å². The Hall–Kier alpha value is -1.95. The Kier molecular flexibility index (Phi) is 3.88. The van der Waals surface area contributed by atoms with Gasteiger partial charge in [-0.2, -0.15) is 0 Å². The SMILES string of the molecule is O=C(COC1CC=CC2CC2CC1)On1c(O)ccc1O. The first-order chi connectivity index (χ1) is 10.1. The van der Waals surface area contributed by atoms with Gasteiger partial charge in [-0.3, -0.25) is 0 Å². The molecule has 3 atom stereocenters. The molecule has 0 saturated heterocycles. The van der Waals surface area contributed by atoms with Gasteiger partial charge in [-0.15, -0.1) is 4.73 Å². The maximum atomic E-state index is 11.7. The number of ether oxygens (including phenoxy) is 1. The zero-order valence-corrected chi connectivity index (χ0v) is 11.6. The highest BCUT2D eigenvalue weighted by Crippen LogP contribution is 2.44. The number of aromatic hydroxyl groups is 2. The summed E-state index contributed by atoms with van der Waals surface area (Å²) in [6, 6.07) is 2.46. The van der Waals surface area contributed by atoms with Gasteiger partial charge in [0.25, 0.3) is 0 Å². The fourth-order valence-electron chi connectivity index (χ4n) is 2.72. The highest BCUT2D eigenvalue weighted by atomic mass is 16.7. The van der Waals surface area contributed by atoms with E-state index < -0.39 is 5.97 Å². The molecule has 0 bridgehead atoms. The molecule has 0 radical (unpaired) electrons. The predicted octanol–water partition coefficient (Wildman–Crippen LogP) is 1.62. The van der Waals surface area contributed by atoms with Crippen LogP contribution in [-0.2, 0) is 9.53 Å². The van der Waals surface area contributed by atoms with Gasteiger partial charge in [-0.05, 0) is 37.5 Å². The molecule has 114 valence electrons. The minimum atomic E-state index is -0.660. The molecule has 21 heavy (non-hydrogen) atoms. The van der Waals surface area contributed by atoms with Crippen molar-refractivity contribution in [2.75, 3.05) is 6.61 Å². The van der Waals surface area contributed by atoms with E-state index in [1.165, 1.54) is 18.6 Å². The van der Waals surface area contributed by atoms with Gasteiger partial charge in [-0.1, -0.05) is 12.2 Å². The molecule has 0 amide bonds. The number of hydrogen-bond donors (Lipinski definition) is 2. The Morgan fingerprint density at radius 2 is 2.05 bits per heavy atom. The molecular weight excluding hydrogens is 274 g/mol. The molecular formula is C15H19NO5. The van der Waals surface area contributed by atoms with Gasteiger partial charge in [-0.25, -0.2) is 4.79 Å². The van der Waals surface area contributed by atoms with Crippen molar-refractivity contribution in [2.24, 2.45) is 11.8 Å². The van der Waals surface area contributed by atoms with E-state index in [4.69, 9.17) is 9.57 Å². The lowest BCUT2D eigenvalue weighted by Crippen LogP contribution is -2.26. The normalized spacial score (nSPS) is 27.5. The smallest absolute Gasteiger partial charge is 0.358 e. The van der Waals surface area contributed by atoms with Gasteiger partial charge in [0, 0.05) is 12.1 Å². The van der Waals surface area contributed by atoms with E-state index in [0.717, 1.165) is 31.1 Å². The molecule has 2 N–H and O–H groups in total. The largest absolute Gasteiger partial charge is 0.492 e. The average Bonchev–Trinajstić information content (AvgIpc) is 3.10. The number of carbonyl (C=O) groups excluding carboxylic acids is 1. The number of allylic oxidation sites excluding steroid dienone is 1. The molecule has 1 aromatic rings. The zero-order chi connectivity index (χ0) is 14.8. The van der Waals surface area contributed by atoms with Crippen molar-refractivity contribution in [3.8, 4) is 11.8 Å². The van der Waals surface area contributed by atoms with Gasteiger partial charge >= 0.3 is 5.97 Å². The van der Waals surface area contributed by atoms with Gasteiger partial charge < -0.3 is 19.8 Å². The second-order valence-electron chi connectivity index (χ2n) is 5.64. The zero-order valence-electron chi connectivity index (χ0n) is 11.6. The minimum absolute atomic E-state index is 0.0159. The van der Waals surface area contributed by atoms with Crippen LogP contribution in [0.2, 0.25) is 0 Å². The van der Waals surface area contributed by atoms with E-state index in [1.54, 1.807) is 0 Å². The first kappa shape index (κ1) is 14.0. The summed E-state index contributed by atoms with van der Waals surface area (Å²) in [6.07, 6.45) is 8.54. The van der Waals surface area contributed by atoms with E-state index in [-0.39, 0.29) is 24.5 Å². The third kappa shape index (κ3) is 3.39. The Balaban J connectivity index is 1.47. The molecule has 3 unspecified atom stereocenters. The standard InChI is InChI=1S/C15H19NO5/c17-13-6-7-14(18)16(13)21-15(19)9-20-12-3-1-2-10-8-11(10)4-5-12/h1-2,6-7,10-12,17-18H,3-5,8-9H2. The summed E-state index contributed by atoms with van der Waals surface area (Å²) in [4.78, 5) is 16.5. The third-order valence-electron chi connectivity index (χ3n) is 4.05. The van der Waals surface area contributed by atoms with Crippen LogP contribution in [0.5, 0.6) is 11.8 Å². The molecule has 2 aliphatic rings. The summed E-state index contributed by atoms with van der Waals surface area (Å²) in [7, 11) is 0. The predicted molar refractivity (Wildman–Crippen MR) is 73.7 cm³/mol. The summed E-state index contributed by atoms with van der Waals surface area (Å²) in [5.74, 6) is 0.208. The van der Waals surface area contributed by atoms with Crippen LogP contribution in [0.3, 0.4) is 0 Å². The summed E-state index contributed by atoms with van der Waals surface area (Å²) in [5.41, 5.74) is 0. The lowest BCUT2D eigenvalue weighted by Gasteiger charge is -2.17. The lowest BCUT2D eigenvalue weighted by molar-refractivity contribution is -0.153. The molecule has 1 heterocycles. The molecule has 0 aromatic carbocycles. The molecule has 6 heteroatoms. The first-order valence-electron chi connectivity index (χ1n) is 7.22. The monoisotopic (exact) mass is 293 g/mol. The quantitative estimate of drug-likeness (QED) is 0.824. The van der Waals surface area contributed by atoms with E-state index in [9.17, 15) is 15.0 Å². The van der Waals surface area contributed by atoms with Crippen molar-refractivity contribution < 1.29 is 24.6 Å². The summed E-state index contributed by atoms with van der Waals surface area (Å²) in [6.45, 7) is -0.205. The van der Waals surface area contributed by atoms with E-state index >= 15 is 0 Å². The van der Waals surface area contributed by atoms with Gasteiger partial charge in [0.15, 0.2) is 0 Å². The van der Waals surface area contributed by atoms with Crippen LogP contribution in [0.1, 0.15) is 25.7 Å². The van der Waals surface area contributed by atoms with Crippen molar-refractivity contribution in [1.82, 2.24) is 4.73 Å². The van der Waals surface area contributed by atoms with Gasteiger partial charge in [0.2, 0.25) is 11.8 Å². The lowest BCUT2D eigenvalue weighted by atomic mass is 10.0. The molecule has 0 aliphatic heterocycles. The van der Waals surface area contributed by atoms with E-state index in [2.05, 4.69) is 12.2 Å². The molecule has 6 nitrogen and oxygen atoms in total. The number of nitrogens with zero attached hydrogens (tertiary/aromatic N) is 1. The number of aromatic nitrogens is 1. The Bertz CT molecular complexity index is 531. The van der Waals surface area contributed by atoms with Crippen LogP contribution in [0.15, 0.2) is 24.3 Å². The molecule has 1 fully saturated rings. The molecule has 3 rings (SSSR count). The van der Waals surface area contributed by atoms with Crippen LogP contribution >= 0.6 is 0 Å². The van der Waals surface area contributed by atoms with Crippen LogP contribution in [0.25, 0.3) is 0 Å². The van der Waals surface area contributed by atoms with Crippen LogP contribution < -0.4 is 4.84 Å². The summed E-state index contributed by atoms with van der Waals surface area (Å²) in [5, 5.41) is 18.8. The number of fused-ring (bicyclic) bond motifs is 1. The minimum Gasteiger partial charge on any atom is -0.492 e. The van der Waals surface area contributed by atoms with E-state index in [0.29, 0.717) is 4.73 Å². The van der Waals surface area contributed by atoms with Crippen molar-refractivity contribution >= 4 is 5.97 Å². The Morgan fingerprint density at radius 3 is 2.81 bits per heavy atom. The van der Waals surface area contributed by atoms with Crippen molar-refractivity contribution in [1.29, 1.82) is 0 Å². The highest BCUT2D eigenvalue weighted by Gasteiger charge is 2.35. The second-order valence-corrected chi connectivity index (χ2v) is 5.64.